The van der Waals surface area contributed by atoms with Crippen molar-refractivity contribution in [1.82, 2.24) is 0 Å². The van der Waals surface area contributed by atoms with Crippen molar-refractivity contribution in [2.24, 2.45) is 0 Å². The number of ether oxygens (including phenoxy) is 3. The first-order chi connectivity index (χ1) is 31.5. The van der Waals surface area contributed by atoms with Crippen molar-refractivity contribution >= 4 is 17.9 Å². The first-order valence-electron chi connectivity index (χ1n) is 26.2. The maximum Gasteiger partial charge on any atom is 0.306 e. The van der Waals surface area contributed by atoms with E-state index < -0.39 is 6.10 Å². The fourth-order valence-electron chi connectivity index (χ4n) is 6.95. The van der Waals surface area contributed by atoms with Gasteiger partial charge in [0.05, 0.1) is 0 Å². The second kappa shape index (κ2) is 52.0. The van der Waals surface area contributed by atoms with Crippen molar-refractivity contribution < 1.29 is 28.6 Å². The molecule has 0 heterocycles. The number of allylic oxidation sites excluding steroid dienone is 16. The Morgan fingerprint density at radius 2 is 0.609 bits per heavy atom. The van der Waals surface area contributed by atoms with E-state index in [-0.39, 0.29) is 31.1 Å². The zero-order valence-corrected chi connectivity index (χ0v) is 41.5. The third-order valence-electron chi connectivity index (χ3n) is 10.8. The molecule has 0 aliphatic rings. The van der Waals surface area contributed by atoms with E-state index in [4.69, 9.17) is 14.2 Å². The summed E-state index contributed by atoms with van der Waals surface area (Å²) in [6.07, 6.45) is 68.5. The van der Waals surface area contributed by atoms with Crippen molar-refractivity contribution in [1.29, 1.82) is 0 Å². The van der Waals surface area contributed by atoms with Crippen LogP contribution in [0.2, 0.25) is 0 Å². The van der Waals surface area contributed by atoms with Gasteiger partial charge in [-0.3, -0.25) is 14.4 Å². The normalized spacial score (nSPS) is 12.9. The van der Waals surface area contributed by atoms with E-state index in [1.165, 1.54) is 57.8 Å². The number of hydrogen-bond acceptors (Lipinski definition) is 6. The van der Waals surface area contributed by atoms with E-state index >= 15 is 0 Å². The largest absolute Gasteiger partial charge is 0.462 e. The predicted molar refractivity (Wildman–Crippen MR) is 274 cm³/mol. The molecule has 0 spiro atoms. The minimum atomic E-state index is -0.786. The Bertz CT molecular complexity index is 1300. The summed E-state index contributed by atoms with van der Waals surface area (Å²) in [7, 11) is 0. The molecule has 0 aliphatic heterocycles. The van der Waals surface area contributed by atoms with Gasteiger partial charge in [0.2, 0.25) is 0 Å². The number of esters is 3. The third kappa shape index (κ3) is 49.3. The summed E-state index contributed by atoms with van der Waals surface area (Å²) < 4.78 is 16.7. The SMILES string of the molecule is CC/C=C\C/C=C\C/C=C\C/C=C\C/C=C\CCCCCCCCCCCC(=O)OCC(COC(=O)CCCCCCCC)OC(=O)CCCCCCC/C=C\C/C=C\C/C=C\CC. The van der Waals surface area contributed by atoms with Crippen molar-refractivity contribution in [3.63, 3.8) is 0 Å². The van der Waals surface area contributed by atoms with E-state index in [2.05, 4.69) is 118 Å². The minimum Gasteiger partial charge on any atom is -0.462 e. The fraction of sp³-hybridized carbons (Fsp3) is 0.672. The van der Waals surface area contributed by atoms with Crippen LogP contribution in [0.3, 0.4) is 0 Å². The van der Waals surface area contributed by atoms with E-state index in [9.17, 15) is 14.4 Å². The van der Waals surface area contributed by atoms with Crippen LogP contribution in [0, 0.1) is 0 Å². The van der Waals surface area contributed by atoms with Crippen molar-refractivity contribution in [2.75, 3.05) is 13.2 Å². The number of unbranched alkanes of at least 4 members (excludes halogenated alkanes) is 19. The molecule has 0 saturated heterocycles. The van der Waals surface area contributed by atoms with Gasteiger partial charge in [0.1, 0.15) is 13.2 Å². The quantitative estimate of drug-likeness (QED) is 0.0262. The Balaban J connectivity index is 4.19. The van der Waals surface area contributed by atoms with Crippen LogP contribution >= 0.6 is 0 Å². The summed E-state index contributed by atoms with van der Waals surface area (Å²) in [6.45, 7) is 6.32. The van der Waals surface area contributed by atoms with Gasteiger partial charge >= 0.3 is 17.9 Å². The lowest BCUT2D eigenvalue weighted by Crippen LogP contribution is -2.30. The van der Waals surface area contributed by atoms with Crippen LogP contribution in [0.1, 0.15) is 233 Å². The first kappa shape index (κ1) is 60.3. The zero-order chi connectivity index (χ0) is 46.5. The summed E-state index contributed by atoms with van der Waals surface area (Å²) in [5, 5.41) is 0. The predicted octanol–water partition coefficient (Wildman–Crippen LogP) is 17.4. The molecule has 0 aliphatic carbocycles. The van der Waals surface area contributed by atoms with E-state index in [1.54, 1.807) is 0 Å². The van der Waals surface area contributed by atoms with E-state index in [1.807, 2.05) is 0 Å². The van der Waals surface area contributed by atoms with Gasteiger partial charge in [0.15, 0.2) is 6.10 Å². The molecular formula is C58H96O6. The van der Waals surface area contributed by atoms with Crippen LogP contribution in [0.15, 0.2) is 97.2 Å². The Kier molecular flexibility index (Phi) is 49.0. The second-order valence-corrected chi connectivity index (χ2v) is 17.0. The van der Waals surface area contributed by atoms with Gasteiger partial charge < -0.3 is 14.2 Å². The number of carbonyl (C=O) groups excluding carboxylic acids is 3. The Morgan fingerprint density at radius 3 is 0.953 bits per heavy atom. The highest BCUT2D eigenvalue weighted by molar-refractivity contribution is 5.71. The molecule has 0 aromatic carbocycles. The lowest BCUT2D eigenvalue weighted by Gasteiger charge is -2.18. The molecule has 64 heavy (non-hydrogen) atoms. The zero-order valence-electron chi connectivity index (χ0n) is 41.5. The average molecular weight is 889 g/mol. The third-order valence-corrected chi connectivity index (χ3v) is 10.8. The Hall–Kier alpha value is -3.67. The van der Waals surface area contributed by atoms with Crippen LogP contribution in [0.4, 0.5) is 0 Å². The minimum absolute atomic E-state index is 0.0870. The molecule has 0 saturated carbocycles. The summed E-state index contributed by atoms with van der Waals surface area (Å²) in [4.78, 5) is 37.8. The molecule has 0 rings (SSSR count). The molecule has 0 radical (unpaired) electrons. The molecular weight excluding hydrogens is 793 g/mol. The van der Waals surface area contributed by atoms with Gasteiger partial charge in [-0.25, -0.2) is 0 Å². The van der Waals surface area contributed by atoms with Crippen molar-refractivity contribution in [2.45, 2.75) is 239 Å². The Morgan fingerprint density at radius 1 is 0.328 bits per heavy atom. The molecule has 6 heteroatoms. The molecule has 0 N–H and O–H groups in total. The average Bonchev–Trinajstić information content (AvgIpc) is 3.29. The molecule has 364 valence electrons. The smallest absolute Gasteiger partial charge is 0.306 e. The van der Waals surface area contributed by atoms with Crippen LogP contribution in [-0.4, -0.2) is 37.2 Å². The van der Waals surface area contributed by atoms with E-state index in [0.29, 0.717) is 19.3 Å². The van der Waals surface area contributed by atoms with Gasteiger partial charge in [0.25, 0.3) is 0 Å². The topological polar surface area (TPSA) is 78.9 Å². The van der Waals surface area contributed by atoms with Crippen LogP contribution in [0.25, 0.3) is 0 Å². The van der Waals surface area contributed by atoms with Gasteiger partial charge in [0, 0.05) is 19.3 Å². The van der Waals surface area contributed by atoms with Crippen LogP contribution in [0.5, 0.6) is 0 Å². The highest BCUT2D eigenvalue weighted by atomic mass is 16.6. The standard InChI is InChI=1S/C58H96O6/c1-4-7-10-13-16-18-20-22-24-25-26-27-28-29-30-31-32-33-35-36-38-40-42-45-48-51-57(60)63-54-55(53-62-56(59)50-47-44-15-12-9-6-3)64-58(61)52-49-46-43-41-39-37-34-23-21-19-17-14-11-8-5-2/h7-8,10-11,16-19,22-24,26-27,29-30,34,55H,4-6,9,12-15,20-21,25,28,31-33,35-54H2,1-3H3/b10-7-,11-8-,18-16-,19-17-,24-22-,27-26-,30-29-,34-23-. The summed E-state index contributed by atoms with van der Waals surface area (Å²) in [5.74, 6) is -0.923. The second-order valence-electron chi connectivity index (χ2n) is 17.0. The molecule has 1 unspecified atom stereocenters. The summed E-state index contributed by atoms with van der Waals surface area (Å²) in [5.41, 5.74) is 0. The molecule has 0 bridgehead atoms. The highest BCUT2D eigenvalue weighted by Gasteiger charge is 2.19. The number of rotatable bonds is 46. The molecule has 1 atom stereocenters. The van der Waals surface area contributed by atoms with E-state index in [0.717, 1.165) is 135 Å². The highest BCUT2D eigenvalue weighted by Crippen LogP contribution is 2.14. The molecule has 0 aromatic rings. The Labute approximate surface area is 394 Å². The number of carbonyl (C=O) groups is 3. The maximum absolute atomic E-state index is 12.7. The monoisotopic (exact) mass is 889 g/mol. The molecule has 0 aromatic heterocycles. The fourth-order valence-corrected chi connectivity index (χ4v) is 6.95. The van der Waals surface area contributed by atoms with Gasteiger partial charge in [-0.15, -0.1) is 0 Å². The van der Waals surface area contributed by atoms with Gasteiger partial charge in [-0.05, 0) is 96.3 Å². The van der Waals surface area contributed by atoms with Crippen molar-refractivity contribution in [3.8, 4) is 0 Å². The number of hydrogen-bond donors (Lipinski definition) is 0. The summed E-state index contributed by atoms with van der Waals surface area (Å²) in [6, 6.07) is 0. The van der Waals surface area contributed by atoms with Crippen LogP contribution < -0.4 is 0 Å². The maximum atomic E-state index is 12.7. The van der Waals surface area contributed by atoms with Crippen LogP contribution in [-0.2, 0) is 28.6 Å². The molecule has 0 fully saturated rings. The van der Waals surface area contributed by atoms with Crippen molar-refractivity contribution in [3.05, 3.63) is 97.2 Å². The summed E-state index contributed by atoms with van der Waals surface area (Å²) >= 11 is 0. The van der Waals surface area contributed by atoms with Gasteiger partial charge in [-0.2, -0.15) is 0 Å². The molecule has 6 nitrogen and oxygen atoms in total. The first-order valence-corrected chi connectivity index (χ1v) is 26.2. The lowest BCUT2D eigenvalue weighted by molar-refractivity contribution is -0.167. The van der Waals surface area contributed by atoms with Gasteiger partial charge in [-0.1, -0.05) is 214 Å². The molecule has 0 amide bonds. The lowest BCUT2D eigenvalue weighted by atomic mass is 10.1.